The van der Waals surface area contributed by atoms with Crippen LogP contribution in [0.15, 0.2) is 18.2 Å². The Morgan fingerprint density at radius 1 is 1.33 bits per heavy atom. The molecule has 0 atom stereocenters. The van der Waals surface area contributed by atoms with Gasteiger partial charge in [-0.05, 0) is 31.4 Å². The Morgan fingerprint density at radius 3 is 2.67 bits per heavy atom. The molecule has 0 heterocycles. The molecule has 0 aromatic heterocycles. The lowest BCUT2D eigenvalue weighted by Gasteiger charge is -2.22. The molecule has 1 saturated carbocycles. The van der Waals surface area contributed by atoms with Crippen molar-refractivity contribution in [2.24, 2.45) is 0 Å². The van der Waals surface area contributed by atoms with E-state index in [-0.39, 0.29) is 11.8 Å². The number of nitro groups is 1. The molecule has 0 bridgehead atoms. The molecule has 1 aromatic carbocycles. The fourth-order valence-electron chi connectivity index (χ4n) is 2.21. The molecule has 1 aliphatic rings. The second-order valence-corrected chi connectivity index (χ2v) is 4.74. The van der Waals surface area contributed by atoms with E-state index in [0.29, 0.717) is 0 Å². The summed E-state index contributed by atoms with van der Waals surface area (Å²) in [4.78, 5) is 15.9. The van der Waals surface area contributed by atoms with Gasteiger partial charge in [0.25, 0.3) is 5.69 Å². The molecule has 0 radical (unpaired) electrons. The summed E-state index contributed by atoms with van der Waals surface area (Å²) in [6, 6.07) is 4.72. The van der Waals surface area contributed by atoms with Crippen LogP contribution in [0.4, 0.5) is 11.4 Å². The van der Waals surface area contributed by atoms with Crippen molar-refractivity contribution in [2.45, 2.75) is 45.1 Å². The zero-order chi connectivity index (χ0) is 13.0. The highest BCUT2D eigenvalue weighted by Gasteiger charge is 2.15. The van der Waals surface area contributed by atoms with E-state index in [0.717, 1.165) is 24.1 Å². The summed E-state index contributed by atoms with van der Waals surface area (Å²) in [6.45, 7) is 1.83. The van der Waals surface area contributed by atoms with Crippen molar-refractivity contribution >= 4 is 11.4 Å². The Kier molecular flexibility index (Phi) is 4.15. The first-order valence-electron chi connectivity index (χ1n) is 6.33. The molecule has 1 aromatic rings. The van der Waals surface area contributed by atoms with Crippen LogP contribution in [0.1, 0.15) is 37.7 Å². The van der Waals surface area contributed by atoms with Crippen molar-refractivity contribution in [3.63, 3.8) is 0 Å². The number of nitrogens with one attached hydrogen (secondary N) is 1. The van der Waals surface area contributed by atoms with Gasteiger partial charge in [0.1, 0.15) is 0 Å². The van der Waals surface area contributed by atoms with Crippen LogP contribution in [0.2, 0.25) is 0 Å². The second-order valence-electron chi connectivity index (χ2n) is 4.74. The quantitative estimate of drug-likeness (QED) is 0.655. The lowest BCUT2D eigenvalue weighted by Crippen LogP contribution is -2.20. The van der Waals surface area contributed by atoms with E-state index >= 15 is 0 Å². The molecule has 0 unspecified atom stereocenters. The van der Waals surface area contributed by atoms with Gasteiger partial charge in [0, 0.05) is 12.1 Å². The van der Waals surface area contributed by atoms with Gasteiger partial charge in [-0.1, -0.05) is 19.3 Å². The number of rotatable bonds is 4. The van der Waals surface area contributed by atoms with Gasteiger partial charge >= 0.3 is 0 Å². The van der Waals surface area contributed by atoms with Gasteiger partial charge in [-0.25, -0.2) is 0 Å². The third-order valence-corrected chi connectivity index (χ3v) is 3.31. The lowest BCUT2D eigenvalue weighted by atomic mass is 9.98. The fourth-order valence-corrected chi connectivity index (χ4v) is 2.21. The predicted molar refractivity (Wildman–Crippen MR) is 69.4 cm³/mol. The molecule has 18 heavy (non-hydrogen) atoms. The summed E-state index contributed by atoms with van der Waals surface area (Å²) in [5, 5.41) is 10.6. The van der Waals surface area contributed by atoms with Crippen LogP contribution in [-0.2, 0) is 4.84 Å². The van der Waals surface area contributed by atoms with E-state index in [2.05, 4.69) is 5.48 Å². The van der Waals surface area contributed by atoms with Crippen molar-refractivity contribution in [3.05, 3.63) is 33.9 Å². The van der Waals surface area contributed by atoms with E-state index in [1.54, 1.807) is 12.1 Å². The van der Waals surface area contributed by atoms with Crippen LogP contribution in [0.5, 0.6) is 0 Å². The minimum atomic E-state index is -0.390. The van der Waals surface area contributed by atoms with Gasteiger partial charge < -0.3 is 0 Å². The zero-order valence-electron chi connectivity index (χ0n) is 10.5. The lowest BCUT2D eigenvalue weighted by molar-refractivity contribution is -0.384. The Morgan fingerprint density at radius 2 is 2.06 bits per heavy atom. The van der Waals surface area contributed by atoms with Crippen molar-refractivity contribution in [1.82, 2.24) is 0 Å². The standard InChI is InChI=1S/C13H18N2O3/c1-10-9-11(15(16)17)7-8-13(10)14-18-12-5-3-2-4-6-12/h7-9,12,14H,2-6H2,1H3. The minimum Gasteiger partial charge on any atom is -0.273 e. The number of hydrogen-bond donors (Lipinski definition) is 1. The maximum Gasteiger partial charge on any atom is 0.269 e. The molecule has 1 N–H and O–H groups in total. The number of hydrogen-bond acceptors (Lipinski definition) is 4. The molecule has 1 aliphatic carbocycles. The van der Waals surface area contributed by atoms with Gasteiger partial charge in [-0.2, -0.15) is 0 Å². The van der Waals surface area contributed by atoms with Crippen LogP contribution in [0.3, 0.4) is 0 Å². The Balaban J connectivity index is 1.94. The van der Waals surface area contributed by atoms with E-state index < -0.39 is 4.92 Å². The SMILES string of the molecule is Cc1cc([N+](=O)[O-])ccc1NOC1CCCCC1. The molecular formula is C13H18N2O3. The van der Waals surface area contributed by atoms with Crippen molar-refractivity contribution in [1.29, 1.82) is 0 Å². The van der Waals surface area contributed by atoms with E-state index in [1.807, 2.05) is 6.92 Å². The van der Waals surface area contributed by atoms with Gasteiger partial charge in [0.05, 0.1) is 16.7 Å². The monoisotopic (exact) mass is 250 g/mol. The van der Waals surface area contributed by atoms with Crippen LogP contribution in [0, 0.1) is 17.0 Å². The number of nitro benzene ring substituents is 1. The Bertz CT molecular complexity index is 428. The molecule has 98 valence electrons. The fraction of sp³-hybridized carbons (Fsp3) is 0.538. The maximum absolute atomic E-state index is 10.6. The number of anilines is 1. The van der Waals surface area contributed by atoms with Crippen LogP contribution in [-0.4, -0.2) is 11.0 Å². The van der Waals surface area contributed by atoms with E-state index in [4.69, 9.17) is 4.84 Å². The third kappa shape index (κ3) is 3.20. The van der Waals surface area contributed by atoms with Gasteiger partial charge in [-0.3, -0.25) is 20.4 Å². The van der Waals surface area contributed by atoms with Crippen molar-refractivity contribution in [3.8, 4) is 0 Å². The van der Waals surface area contributed by atoms with Gasteiger partial charge in [0.2, 0.25) is 0 Å². The molecule has 5 heteroatoms. The number of benzene rings is 1. The second kappa shape index (κ2) is 5.82. The van der Waals surface area contributed by atoms with Crippen LogP contribution < -0.4 is 5.48 Å². The minimum absolute atomic E-state index is 0.107. The van der Waals surface area contributed by atoms with Gasteiger partial charge in [0.15, 0.2) is 0 Å². The Hall–Kier alpha value is -1.62. The summed E-state index contributed by atoms with van der Waals surface area (Å²) in [7, 11) is 0. The smallest absolute Gasteiger partial charge is 0.269 e. The van der Waals surface area contributed by atoms with Gasteiger partial charge in [-0.15, -0.1) is 0 Å². The first-order valence-corrected chi connectivity index (χ1v) is 6.33. The molecule has 0 saturated heterocycles. The zero-order valence-corrected chi connectivity index (χ0v) is 10.5. The maximum atomic E-state index is 10.6. The first-order chi connectivity index (χ1) is 8.66. The Labute approximate surface area is 106 Å². The average molecular weight is 250 g/mol. The highest BCUT2D eigenvalue weighted by molar-refractivity contribution is 5.54. The average Bonchev–Trinajstić information content (AvgIpc) is 2.38. The predicted octanol–water partition coefficient (Wildman–Crippen LogP) is 3.58. The molecular weight excluding hydrogens is 232 g/mol. The van der Waals surface area contributed by atoms with Crippen molar-refractivity contribution < 1.29 is 9.76 Å². The molecule has 0 aliphatic heterocycles. The summed E-state index contributed by atoms with van der Waals surface area (Å²) < 4.78 is 0. The molecule has 0 amide bonds. The van der Waals surface area contributed by atoms with E-state index in [9.17, 15) is 10.1 Å². The number of aryl methyl sites for hydroxylation is 1. The largest absolute Gasteiger partial charge is 0.273 e. The van der Waals surface area contributed by atoms with E-state index in [1.165, 1.54) is 25.3 Å². The third-order valence-electron chi connectivity index (χ3n) is 3.31. The summed E-state index contributed by atoms with van der Waals surface area (Å²) in [5.74, 6) is 0. The summed E-state index contributed by atoms with van der Waals surface area (Å²) in [6.07, 6.45) is 6.14. The number of nitrogens with zero attached hydrogens (tertiary/aromatic N) is 1. The molecule has 0 spiro atoms. The van der Waals surface area contributed by atoms with Crippen molar-refractivity contribution in [2.75, 3.05) is 5.48 Å². The van der Waals surface area contributed by atoms with Crippen LogP contribution >= 0.6 is 0 Å². The molecule has 1 fully saturated rings. The normalized spacial score (nSPS) is 16.5. The van der Waals surface area contributed by atoms with Crippen LogP contribution in [0.25, 0.3) is 0 Å². The molecule has 5 nitrogen and oxygen atoms in total. The molecule has 2 rings (SSSR count). The summed E-state index contributed by atoms with van der Waals surface area (Å²) >= 11 is 0. The highest BCUT2D eigenvalue weighted by Crippen LogP contribution is 2.24. The highest BCUT2D eigenvalue weighted by atomic mass is 16.7. The number of non-ortho nitro benzene ring substituents is 1. The first kappa shape index (κ1) is 12.8. The topological polar surface area (TPSA) is 64.4 Å². The summed E-state index contributed by atoms with van der Waals surface area (Å²) in [5.41, 5.74) is 4.65.